The number of thioether (sulfide) groups is 1. The SMILES string of the molecule is CCOc1ccc(OCCSc2n[nH]c(-c3ccc(C)cc3)n2)cc1. The molecule has 0 atom stereocenters. The number of aryl methyl sites for hydroxylation is 1. The molecule has 6 heteroatoms. The zero-order valence-electron chi connectivity index (χ0n) is 14.4. The lowest BCUT2D eigenvalue weighted by atomic mass is 10.1. The Bertz CT molecular complexity index is 785. The van der Waals surface area contributed by atoms with E-state index in [1.165, 1.54) is 5.56 Å². The molecule has 0 saturated heterocycles. The number of benzene rings is 2. The van der Waals surface area contributed by atoms with Gasteiger partial charge in [-0.2, -0.15) is 0 Å². The highest BCUT2D eigenvalue weighted by Gasteiger charge is 2.06. The molecule has 1 aromatic heterocycles. The van der Waals surface area contributed by atoms with Gasteiger partial charge in [0, 0.05) is 11.3 Å². The van der Waals surface area contributed by atoms with Gasteiger partial charge in [-0.15, -0.1) is 5.10 Å². The molecule has 0 aliphatic rings. The van der Waals surface area contributed by atoms with Crippen molar-refractivity contribution in [3.63, 3.8) is 0 Å². The molecule has 1 heterocycles. The highest BCUT2D eigenvalue weighted by molar-refractivity contribution is 7.99. The van der Waals surface area contributed by atoms with Crippen LogP contribution in [0, 0.1) is 6.92 Å². The molecule has 0 spiro atoms. The van der Waals surface area contributed by atoms with E-state index < -0.39 is 0 Å². The van der Waals surface area contributed by atoms with Crippen molar-refractivity contribution in [3.8, 4) is 22.9 Å². The molecule has 3 aromatic rings. The van der Waals surface area contributed by atoms with Crippen LogP contribution < -0.4 is 9.47 Å². The predicted octanol–water partition coefficient (Wildman–Crippen LogP) is 4.35. The third-order valence-electron chi connectivity index (χ3n) is 3.51. The van der Waals surface area contributed by atoms with Crippen LogP contribution in [0.4, 0.5) is 0 Å². The summed E-state index contributed by atoms with van der Waals surface area (Å²) >= 11 is 1.57. The number of aromatic nitrogens is 3. The van der Waals surface area contributed by atoms with Crippen LogP contribution in [-0.2, 0) is 0 Å². The van der Waals surface area contributed by atoms with Crippen molar-refractivity contribution in [2.75, 3.05) is 19.0 Å². The summed E-state index contributed by atoms with van der Waals surface area (Å²) in [4.78, 5) is 4.51. The Labute approximate surface area is 151 Å². The molecule has 1 N–H and O–H groups in total. The summed E-state index contributed by atoms with van der Waals surface area (Å²) in [5, 5.41) is 7.96. The number of H-pyrrole nitrogens is 1. The molecule has 0 saturated carbocycles. The average Bonchev–Trinajstić information content (AvgIpc) is 3.10. The fraction of sp³-hybridized carbons (Fsp3) is 0.263. The average molecular weight is 355 g/mol. The van der Waals surface area contributed by atoms with Gasteiger partial charge in [-0.05, 0) is 38.1 Å². The number of hydrogen-bond donors (Lipinski definition) is 1. The molecule has 0 amide bonds. The third kappa shape index (κ3) is 5.00. The first-order chi connectivity index (χ1) is 12.2. The summed E-state index contributed by atoms with van der Waals surface area (Å²) < 4.78 is 11.1. The Hall–Kier alpha value is -2.47. The van der Waals surface area contributed by atoms with Gasteiger partial charge in [0.1, 0.15) is 11.5 Å². The number of nitrogens with zero attached hydrogens (tertiary/aromatic N) is 2. The number of nitrogens with one attached hydrogen (secondary N) is 1. The van der Waals surface area contributed by atoms with Gasteiger partial charge < -0.3 is 9.47 Å². The van der Waals surface area contributed by atoms with Crippen LogP contribution in [0.25, 0.3) is 11.4 Å². The largest absolute Gasteiger partial charge is 0.494 e. The van der Waals surface area contributed by atoms with Crippen LogP contribution in [0.5, 0.6) is 11.5 Å². The molecule has 5 nitrogen and oxygen atoms in total. The number of rotatable bonds is 8. The van der Waals surface area contributed by atoms with Crippen molar-refractivity contribution in [1.82, 2.24) is 15.2 Å². The summed E-state index contributed by atoms with van der Waals surface area (Å²) in [6, 6.07) is 15.9. The second-order valence-corrected chi connectivity index (χ2v) is 6.50. The van der Waals surface area contributed by atoms with Gasteiger partial charge in [0.2, 0.25) is 5.16 Å². The topological polar surface area (TPSA) is 60.0 Å². The number of ether oxygens (including phenoxy) is 2. The van der Waals surface area contributed by atoms with Gasteiger partial charge in [0.15, 0.2) is 5.82 Å². The molecule has 0 fully saturated rings. The Kier molecular flexibility index (Phi) is 5.95. The van der Waals surface area contributed by atoms with E-state index >= 15 is 0 Å². The van der Waals surface area contributed by atoms with Crippen molar-refractivity contribution in [2.45, 2.75) is 19.0 Å². The lowest BCUT2D eigenvalue weighted by Crippen LogP contribution is -2.00. The molecule has 2 aromatic carbocycles. The molecule has 3 rings (SSSR count). The second-order valence-electron chi connectivity index (χ2n) is 5.43. The van der Waals surface area contributed by atoms with Gasteiger partial charge in [0.05, 0.1) is 13.2 Å². The Morgan fingerprint density at radius 1 is 0.960 bits per heavy atom. The molecule has 130 valence electrons. The smallest absolute Gasteiger partial charge is 0.208 e. The van der Waals surface area contributed by atoms with Gasteiger partial charge in [-0.3, -0.25) is 5.10 Å². The van der Waals surface area contributed by atoms with E-state index in [9.17, 15) is 0 Å². The van der Waals surface area contributed by atoms with Crippen LogP contribution in [-0.4, -0.2) is 34.1 Å². The monoisotopic (exact) mass is 355 g/mol. The van der Waals surface area contributed by atoms with Crippen molar-refractivity contribution in [3.05, 3.63) is 54.1 Å². The third-order valence-corrected chi connectivity index (χ3v) is 4.32. The first kappa shape index (κ1) is 17.4. The van der Waals surface area contributed by atoms with Gasteiger partial charge in [-0.25, -0.2) is 4.98 Å². The number of hydrogen-bond acceptors (Lipinski definition) is 5. The minimum atomic E-state index is 0.590. The molecular formula is C19H21N3O2S. The Balaban J connectivity index is 1.45. The Morgan fingerprint density at radius 2 is 1.64 bits per heavy atom. The summed E-state index contributed by atoms with van der Waals surface area (Å²) in [5.74, 6) is 3.25. The van der Waals surface area contributed by atoms with Crippen LogP contribution in [0.3, 0.4) is 0 Å². The quantitative estimate of drug-likeness (QED) is 0.481. The molecule has 0 aliphatic heterocycles. The summed E-state index contributed by atoms with van der Waals surface area (Å²) in [6.07, 6.45) is 0. The van der Waals surface area contributed by atoms with E-state index in [1.807, 2.05) is 43.3 Å². The molecule has 25 heavy (non-hydrogen) atoms. The predicted molar refractivity (Wildman–Crippen MR) is 100 cm³/mol. The van der Waals surface area contributed by atoms with Crippen molar-refractivity contribution >= 4 is 11.8 Å². The summed E-state index contributed by atoms with van der Waals surface area (Å²) in [5.41, 5.74) is 2.26. The van der Waals surface area contributed by atoms with E-state index in [-0.39, 0.29) is 0 Å². The lowest BCUT2D eigenvalue weighted by Gasteiger charge is -2.06. The van der Waals surface area contributed by atoms with E-state index in [1.54, 1.807) is 11.8 Å². The van der Waals surface area contributed by atoms with E-state index in [2.05, 4.69) is 34.2 Å². The first-order valence-corrected chi connectivity index (χ1v) is 9.21. The second kappa shape index (κ2) is 8.58. The fourth-order valence-corrected chi connectivity index (χ4v) is 2.86. The van der Waals surface area contributed by atoms with Crippen LogP contribution in [0.15, 0.2) is 53.7 Å². The van der Waals surface area contributed by atoms with E-state index in [4.69, 9.17) is 9.47 Å². The van der Waals surface area contributed by atoms with Crippen molar-refractivity contribution in [1.29, 1.82) is 0 Å². The lowest BCUT2D eigenvalue weighted by molar-refractivity contribution is 0.332. The minimum absolute atomic E-state index is 0.590. The maximum Gasteiger partial charge on any atom is 0.208 e. The number of aromatic amines is 1. The van der Waals surface area contributed by atoms with Gasteiger partial charge in [0.25, 0.3) is 0 Å². The molecule has 0 radical (unpaired) electrons. The van der Waals surface area contributed by atoms with E-state index in [0.29, 0.717) is 13.2 Å². The van der Waals surface area contributed by atoms with Crippen LogP contribution in [0.2, 0.25) is 0 Å². The standard InChI is InChI=1S/C19H21N3O2S/c1-3-23-16-8-10-17(11-9-16)24-12-13-25-19-20-18(21-22-19)15-6-4-14(2)5-7-15/h4-11H,3,12-13H2,1-2H3,(H,20,21,22). The van der Waals surface area contributed by atoms with Crippen molar-refractivity contribution in [2.24, 2.45) is 0 Å². The van der Waals surface area contributed by atoms with Gasteiger partial charge in [-0.1, -0.05) is 41.6 Å². The van der Waals surface area contributed by atoms with E-state index in [0.717, 1.165) is 33.8 Å². The Morgan fingerprint density at radius 3 is 2.32 bits per heavy atom. The zero-order valence-corrected chi connectivity index (χ0v) is 15.2. The fourth-order valence-electron chi connectivity index (χ4n) is 2.24. The highest BCUT2D eigenvalue weighted by Crippen LogP contribution is 2.21. The molecular weight excluding hydrogens is 334 g/mol. The normalized spacial score (nSPS) is 10.6. The molecule has 0 bridgehead atoms. The van der Waals surface area contributed by atoms with Crippen molar-refractivity contribution < 1.29 is 9.47 Å². The zero-order chi connectivity index (χ0) is 17.5. The maximum absolute atomic E-state index is 5.72. The van der Waals surface area contributed by atoms with Crippen LogP contribution in [0.1, 0.15) is 12.5 Å². The highest BCUT2D eigenvalue weighted by atomic mass is 32.2. The summed E-state index contributed by atoms with van der Waals surface area (Å²) in [6.45, 7) is 5.29. The molecule has 0 aliphatic carbocycles. The van der Waals surface area contributed by atoms with Gasteiger partial charge >= 0.3 is 0 Å². The minimum Gasteiger partial charge on any atom is -0.494 e. The first-order valence-electron chi connectivity index (χ1n) is 8.22. The summed E-state index contributed by atoms with van der Waals surface area (Å²) in [7, 11) is 0. The molecule has 0 unspecified atom stereocenters. The maximum atomic E-state index is 5.72. The van der Waals surface area contributed by atoms with Crippen LogP contribution >= 0.6 is 11.8 Å².